The van der Waals surface area contributed by atoms with Crippen molar-refractivity contribution in [1.82, 2.24) is 20.0 Å². The predicted molar refractivity (Wildman–Crippen MR) is 107 cm³/mol. The van der Waals surface area contributed by atoms with Gasteiger partial charge in [-0.05, 0) is 25.1 Å². The Balaban J connectivity index is 1.79. The second kappa shape index (κ2) is 9.29. The first-order valence-electron chi connectivity index (χ1n) is 9.41. The lowest BCUT2D eigenvalue weighted by atomic mass is 9.98. The molecular formula is C20H22F2N6O2. The Kier molecular flexibility index (Phi) is 6.55. The van der Waals surface area contributed by atoms with E-state index in [0.29, 0.717) is 23.6 Å². The number of carbonyl (C=O) groups is 2. The number of nitrogens with two attached hydrogens (primary N) is 1. The number of nitrogens with one attached hydrogen (secondary N) is 1. The van der Waals surface area contributed by atoms with Gasteiger partial charge in [0.05, 0.1) is 5.69 Å². The van der Waals surface area contributed by atoms with Gasteiger partial charge < -0.3 is 11.1 Å². The van der Waals surface area contributed by atoms with E-state index in [4.69, 9.17) is 5.73 Å². The van der Waals surface area contributed by atoms with Gasteiger partial charge in [-0.25, -0.2) is 13.8 Å². The summed E-state index contributed by atoms with van der Waals surface area (Å²) in [6, 6.07) is 9.60. The molecule has 1 aromatic heterocycles. The number of rotatable bonds is 6. The van der Waals surface area contributed by atoms with E-state index in [1.165, 1.54) is 23.4 Å². The number of aliphatic imine (C=N–C) groups is 1. The molecule has 0 spiro atoms. The summed E-state index contributed by atoms with van der Waals surface area (Å²) in [6.07, 6.45) is 0.227. The van der Waals surface area contributed by atoms with E-state index in [1.807, 2.05) is 30.3 Å². The number of likely N-dealkylation sites (N-methyl/N-ethyl adjacent to an activating group) is 1. The van der Waals surface area contributed by atoms with Crippen molar-refractivity contribution in [3.05, 3.63) is 60.1 Å². The van der Waals surface area contributed by atoms with Gasteiger partial charge in [-0.1, -0.05) is 18.2 Å². The Bertz CT molecular complexity index is 971. The van der Waals surface area contributed by atoms with E-state index in [-0.39, 0.29) is 18.0 Å². The summed E-state index contributed by atoms with van der Waals surface area (Å²) in [5.41, 5.74) is 7.01. The number of amides is 2. The number of nitrogens with zero attached hydrogens (tertiary/aromatic N) is 4. The zero-order chi connectivity index (χ0) is 21.7. The molecule has 0 aliphatic carbocycles. The van der Waals surface area contributed by atoms with Crippen molar-refractivity contribution < 1.29 is 18.4 Å². The summed E-state index contributed by atoms with van der Waals surface area (Å²) in [5.74, 6) is -0.529. The van der Waals surface area contributed by atoms with E-state index in [9.17, 15) is 18.4 Å². The Morgan fingerprint density at radius 3 is 2.73 bits per heavy atom. The van der Waals surface area contributed by atoms with Crippen LogP contribution >= 0.6 is 0 Å². The fourth-order valence-electron chi connectivity index (χ4n) is 3.14. The highest BCUT2D eigenvalue weighted by Crippen LogP contribution is 2.23. The lowest BCUT2D eigenvalue weighted by Gasteiger charge is -2.34. The van der Waals surface area contributed by atoms with Crippen LogP contribution in [0.15, 0.2) is 59.4 Å². The van der Waals surface area contributed by atoms with Crippen LogP contribution in [-0.4, -0.2) is 51.3 Å². The number of hydrogen-bond acceptors (Lipinski definition) is 5. The second-order valence-electron chi connectivity index (χ2n) is 6.59. The van der Waals surface area contributed by atoms with Gasteiger partial charge in [0.15, 0.2) is 0 Å². The highest BCUT2D eigenvalue weighted by Gasteiger charge is 2.36. The molecule has 1 aromatic carbocycles. The molecule has 158 valence electrons. The molecule has 30 heavy (non-hydrogen) atoms. The van der Waals surface area contributed by atoms with Gasteiger partial charge in [0.1, 0.15) is 24.1 Å². The van der Waals surface area contributed by atoms with Crippen molar-refractivity contribution in [2.75, 3.05) is 6.54 Å². The van der Waals surface area contributed by atoms with Crippen molar-refractivity contribution in [1.29, 1.82) is 0 Å². The van der Waals surface area contributed by atoms with Gasteiger partial charge in [0, 0.05) is 30.9 Å². The van der Waals surface area contributed by atoms with Gasteiger partial charge in [-0.15, -0.1) is 0 Å². The molecule has 0 saturated carbocycles. The minimum atomic E-state index is -2.58. The molecule has 1 aliphatic rings. The smallest absolute Gasteiger partial charge is 0.272 e. The maximum Gasteiger partial charge on any atom is 0.272 e. The predicted octanol–water partition coefficient (Wildman–Crippen LogP) is 2.07. The number of benzene rings is 1. The average Bonchev–Trinajstić information content (AvgIpc) is 3.19. The number of likely N-dealkylation sites (tertiary alicyclic amines) is 1. The SMILES string of the molecule is CCN1C(=O)C(NC(=O)c2ccn(CC(F)F)n2)C/C(=C/N)C1=Nc1ccccc1. The first-order chi connectivity index (χ1) is 14.4. The fraction of sp³-hybridized carbons (Fsp3) is 0.300. The van der Waals surface area contributed by atoms with E-state index in [0.717, 1.165) is 4.68 Å². The van der Waals surface area contributed by atoms with Gasteiger partial charge in [-0.3, -0.25) is 19.2 Å². The zero-order valence-corrected chi connectivity index (χ0v) is 16.3. The van der Waals surface area contributed by atoms with Crippen LogP contribution in [-0.2, 0) is 11.3 Å². The summed E-state index contributed by atoms with van der Waals surface area (Å²) in [7, 11) is 0. The number of para-hydroxylation sites is 1. The molecule has 1 atom stereocenters. The molecule has 8 nitrogen and oxygen atoms in total. The Hall–Kier alpha value is -3.56. The fourth-order valence-corrected chi connectivity index (χ4v) is 3.14. The highest BCUT2D eigenvalue weighted by atomic mass is 19.3. The minimum Gasteiger partial charge on any atom is -0.404 e. The summed E-state index contributed by atoms with van der Waals surface area (Å²) >= 11 is 0. The topological polar surface area (TPSA) is 106 Å². The van der Waals surface area contributed by atoms with Gasteiger partial charge in [0.25, 0.3) is 18.2 Å². The van der Waals surface area contributed by atoms with Crippen LogP contribution in [0.1, 0.15) is 23.8 Å². The molecule has 3 N–H and O–H groups in total. The number of amidine groups is 1. The molecule has 0 bridgehead atoms. The Labute approximate surface area is 172 Å². The molecule has 0 radical (unpaired) electrons. The molecule has 3 rings (SSSR count). The Morgan fingerprint density at radius 1 is 1.37 bits per heavy atom. The molecule has 2 amide bonds. The van der Waals surface area contributed by atoms with Crippen molar-refractivity contribution in [3.8, 4) is 0 Å². The van der Waals surface area contributed by atoms with Crippen LogP contribution in [0.25, 0.3) is 0 Å². The molecule has 1 fully saturated rings. The maximum absolute atomic E-state index is 13.0. The van der Waals surface area contributed by atoms with E-state index >= 15 is 0 Å². The van der Waals surface area contributed by atoms with Crippen LogP contribution in [0.4, 0.5) is 14.5 Å². The first-order valence-corrected chi connectivity index (χ1v) is 9.41. The molecule has 2 aromatic rings. The summed E-state index contributed by atoms with van der Waals surface area (Å²) < 4.78 is 25.9. The summed E-state index contributed by atoms with van der Waals surface area (Å²) in [4.78, 5) is 31.5. The van der Waals surface area contributed by atoms with Crippen molar-refractivity contribution in [2.24, 2.45) is 10.7 Å². The number of hydrogen-bond donors (Lipinski definition) is 2. The van der Waals surface area contributed by atoms with E-state index < -0.39 is 24.9 Å². The van der Waals surface area contributed by atoms with E-state index in [2.05, 4.69) is 15.4 Å². The summed E-state index contributed by atoms with van der Waals surface area (Å²) in [6.45, 7) is 1.51. The highest BCUT2D eigenvalue weighted by molar-refractivity contribution is 6.13. The standard InChI is InChI=1S/C20H22F2N6O2/c1-2-28-18(24-14-6-4-3-5-7-14)13(11-23)10-16(20(28)30)25-19(29)15-8-9-27(26-15)12-17(21)22/h3-9,11,16-17H,2,10,12,23H2,1H3,(H,25,29)/b13-11-,24-18?. The zero-order valence-electron chi connectivity index (χ0n) is 16.3. The number of aromatic nitrogens is 2. The summed E-state index contributed by atoms with van der Waals surface area (Å²) in [5, 5.41) is 6.45. The number of halogens is 2. The lowest BCUT2D eigenvalue weighted by Crippen LogP contribution is -2.55. The molecule has 2 heterocycles. The van der Waals surface area contributed by atoms with Crippen molar-refractivity contribution in [3.63, 3.8) is 0 Å². The lowest BCUT2D eigenvalue weighted by molar-refractivity contribution is -0.129. The third-order valence-corrected chi connectivity index (χ3v) is 4.54. The van der Waals surface area contributed by atoms with Crippen LogP contribution in [0, 0.1) is 0 Å². The average molecular weight is 416 g/mol. The van der Waals surface area contributed by atoms with Gasteiger partial charge in [0.2, 0.25) is 0 Å². The molecular weight excluding hydrogens is 394 g/mol. The second-order valence-corrected chi connectivity index (χ2v) is 6.59. The monoisotopic (exact) mass is 416 g/mol. The quantitative estimate of drug-likeness (QED) is 0.752. The van der Waals surface area contributed by atoms with E-state index in [1.54, 1.807) is 6.92 Å². The van der Waals surface area contributed by atoms with Crippen molar-refractivity contribution >= 4 is 23.3 Å². The number of alkyl halides is 2. The molecule has 10 heteroatoms. The molecule has 1 unspecified atom stereocenters. The minimum absolute atomic E-state index is 0.0477. The third-order valence-electron chi connectivity index (χ3n) is 4.54. The molecule has 1 aliphatic heterocycles. The van der Waals surface area contributed by atoms with Gasteiger partial charge >= 0.3 is 0 Å². The number of carbonyl (C=O) groups excluding carboxylic acids is 2. The van der Waals surface area contributed by atoms with Gasteiger partial charge in [-0.2, -0.15) is 5.10 Å². The van der Waals surface area contributed by atoms with Crippen molar-refractivity contribution in [2.45, 2.75) is 32.4 Å². The number of piperidine rings is 1. The van der Waals surface area contributed by atoms with Crippen LogP contribution in [0.3, 0.4) is 0 Å². The normalized spacial score (nSPS) is 19.7. The maximum atomic E-state index is 13.0. The van der Waals surface area contributed by atoms with Crippen LogP contribution in [0.5, 0.6) is 0 Å². The largest absolute Gasteiger partial charge is 0.404 e. The van der Waals surface area contributed by atoms with Crippen LogP contribution < -0.4 is 11.1 Å². The molecule has 1 saturated heterocycles. The van der Waals surface area contributed by atoms with Crippen LogP contribution in [0.2, 0.25) is 0 Å². The Morgan fingerprint density at radius 2 is 2.10 bits per heavy atom. The first kappa shape index (κ1) is 21.2. The third kappa shape index (κ3) is 4.70.